The Labute approximate surface area is 251 Å². The zero-order valence-electron chi connectivity index (χ0n) is 23.4. The van der Waals surface area contributed by atoms with Gasteiger partial charge in [-0.25, -0.2) is 9.13 Å². The van der Waals surface area contributed by atoms with Crippen LogP contribution in [0.5, 0.6) is 0 Å². The summed E-state index contributed by atoms with van der Waals surface area (Å²) in [4.78, 5) is 24.7. The van der Waals surface area contributed by atoms with Gasteiger partial charge in [0.1, 0.15) is 13.1 Å². The number of amides is 2. The Hall–Kier alpha value is -1.80. The first-order valence-corrected chi connectivity index (χ1v) is 14.2. The van der Waals surface area contributed by atoms with Crippen LogP contribution in [0.4, 0.5) is 0 Å². The van der Waals surface area contributed by atoms with E-state index in [1.807, 2.05) is 49.1 Å². The van der Waals surface area contributed by atoms with Gasteiger partial charge in [0.15, 0.2) is 24.8 Å². The molecule has 0 saturated carbocycles. The van der Waals surface area contributed by atoms with Crippen molar-refractivity contribution in [3.63, 3.8) is 0 Å². The number of unbranched alkanes of at least 4 members (excludes halogenated alkanes) is 9. The second-order valence-corrected chi connectivity index (χ2v) is 9.70. The lowest BCUT2D eigenvalue weighted by atomic mass is 10.1. The number of carbonyl (C=O) groups excluding carboxylic acids is 2. The minimum atomic E-state index is -0.00876. The summed E-state index contributed by atoms with van der Waals surface area (Å²) >= 11 is 0. The van der Waals surface area contributed by atoms with Crippen LogP contribution in [0.25, 0.3) is 0 Å². The normalized spacial score (nSPS) is 10.3. The molecule has 0 aliphatic rings. The number of hydrogen-bond donors (Lipinski definition) is 2. The van der Waals surface area contributed by atoms with Crippen LogP contribution in [0.15, 0.2) is 49.1 Å². The molecule has 2 heterocycles. The SMILES string of the molecule is CCCCCC[n+]1ccc(C(=O)NCCCCCCNC(=O)c2cc[n+](CCCCCC)cc2)cc1.[Br-].[Br-]. The highest BCUT2D eigenvalue weighted by Crippen LogP contribution is 2.03. The Morgan fingerprint density at radius 1 is 0.553 bits per heavy atom. The Morgan fingerprint density at radius 3 is 1.24 bits per heavy atom. The molecule has 8 heteroatoms. The van der Waals surface area contributed by atoms with Crippen molar-refractivity contribution in [2.45, 2.75) is 104 Å². The predicted molar refractivity (Wildman–Crippen MR) is 145 cm³/mol. The van der Waals surface area contributed by atoms with Gasteiger partial charge in [0.05, 0.1) is 11.1 Å². The molecule has 2 rings (SSSR count). The van der Waals surface area contributed by atoms with Gasteiger partial charge in [-0.3, -0.25) is 9.59 Å². The summed E-state index contributed by atoms with van der Waals surface area (Å²) in [6.45, 7) is 7.81. The van der Waals surface area contributed by atoms with E-state index in [-0.39, 0.29) is 45.8 Å². The van der Waals surface area contributed by atoms with Gasteiger partial charge < -0.3 is 44.6 Å². The molecule has 0 radical (unpaired) electrons. The molecular weight excluding hydrogens is 608 g/mol. The third kappa shape index (κ3) is 15.6. The first-order valence-electron chi connectivity index (χ1n) is 14.2. The van der Waals surface area contributed by atoms with Gasteiger partial charge in [0, 0.05) is 50.2 Å². The second kappa shape index (κ2) is 23.1. The van der Waals surface area contributed by atoms with Crippen LogP contribution in [-0.4, -0.2) is 24.9 Å². The molecule has 0 aliphatic carbocycles. The molecule has 0 bridgehead atoms. The number of nitrogens with one attached hydrogen (secondary N) is 2. The van der Waals surface area contributed by atoms with E-state index in [1.54, 1.807) is 0 Å². The molecular formula is C30H48Br2N4O2. The summed E-state index contributed by atoms with van der Waals surface area (Å²) in [6.07, 6.45) is 21.9. The maximum Gasteiger partial charge on any atom is 0.251 e. The van der Waals surface area contributed by atoms with Crippen LogP contribution in [0, 0.1) is 0 Å². The van der Waals surface area contributed by atoms with Crippen molar-refractivity contribution in [2.24, 2.45) is 0 Å². The van der Waals surface area contributed by atoms with Gasteiger partial charge in [0.2, 0.25) is 0 Å². The summed E-state index contributed by atoms with van der Waals surface area (Å²) in [6, 6.07) is 7.60. The van der Waals surface area contributed by atoms with Crippen molar-refractivity contribution in [2.75, 3.05) is 13.1 Å². The van der Waals surface area contributed by atoms with Gasteiger partial charge in [0.25, 0.3) is 11.8 Å². The van der Waals surface area contributed by atoms with E-state index in [4.69, 9.17) is 0 Å². The van der Waals surface area contributed by atoms with Crippen LogP contribution in [0.1, 0.15) is 112 Å². The maximum atomic E-state index is 12.3. The Balaban J connectivity index is 0.00000684. The molecule has 0 fully saturated rings. The molecule has 2 amide bonds. The van der Waals surface area contributed by atoms with E-state index in [2.05, 4.69) is 33.6 Å². The fourth-order valence-electron chi connectivity index (χ4n) is 4.17. The Bertz CT molecular complexity index is 803. The number of rotatable bonds is 19. The lowest BCUT2D eigenvalue weighted by Crippen LogP contribution is -3.00. The molecule has 38 heavy (non-hydrogen) atoms. The van der Waals surface area contributed by atoms with E-state index in [1.165, 1.54) is 51.4 Å². The lowest BCUT2D eigenvalue weighted by Gasteiger charge is -2.06. The largest absolute Gasteiger partial charge is 1.00 e. The molecule has 2 aromatic rings. The van der Waals surface area contributed by atoms with Crippen LogP contribution in [0.3, 0.4) is 0 Å². The minimum absolute atomic E-state index is 0. The molecule has 0 aliphatic heterocycles. The molecule has 6 nitrogen and oxygen atoms in total. The molecule has 0 saturated heterocycles. The summed E-state index contributed by atoms with van der Waals surface area (Å²) in [5, 5.41) is 6.02. The number of halogens is 2. The highest BCUT2D eigenvalue weighted by atomic mass is 79.9. The number of hydrogen-bond acceptors (Lipinski definition) is 2. The fourth-order valence-corrected chi connectivity index (χ4v) is 4.17. The van der Waals surface area contributed by atoms with Crippen LogP contribution < -0.4 is 53.7 Å². The number of carbonyl (C=O) groups is 2. The number of pyridine rings is 2. The van der Waals surface area contributed by atoms with Gasteiger partial charge >= 0.3 is 0 Å². The van der Waals surface area contributed by atoms with Crippen molar-refractivity contribution >= 4 is 11.8 Å². The van der Waals surface area contributed by atoms with E-state index in [9.17, 15) is 9.59 Å². The average Bonchev–Trinajstić information content (AvgIpc) is 2.91. The number of aromatic nitrogens is 2. The highest BCUT2D eigenvalue weighted by Gasteiger charge is 2.09. The maximum absolute atomic E-state index is 12.3. The molecule has 0 spiro atoms. The zero-order chi connectivity index (χ0) is 25.8. The minimum Gasteiger partial charge on any atom is -1.00 e. The van der Waals surface area contributed by atoms with Gasteiger partial charge in [-0.2, -0.15) is 0 Å². The number of aryl methyl sites for hydroxylation is 2. The first-order chi connectivity index (χ1) is 17.6. The van der Waals surface area contributed by atoms with Crippen molar-refractivity contribution < 1.29 is 52.7 Å². The smallest absolute Gasteiger partial charge is 0.251 e. The lowest BCUT2D eigenvalue weighted by molar-refractivity contribution is -0.697. The predicted octanol–water partition coefficient (Wildman–Crippen LogP) is -0.850. The molecule has 214 valence electrons. The average molecular weight is 657 g/mol. The summed E-state index contributed by atoms with van der Waals surface area (Å²) in [5.41, 5.74) is 1.43. The third-order valence-corrected chi connectivity index (χ3v) is 6.52. The molecule has 2 aromatic heterocycles. The highest BCUT2D eigenvalue weighted by molar-refractivity contribution is 5.94. The zero-order valence-corrected chi connectivity index (χ0v) is 26.6. The van der Waals surface area contributed by atoms with E-state index in [0.29, 0.717) is 24.2 Å². The van der Waals surface area contributed by atoms with Gasteiger partial charge in [-0.05, 0) is 25.7 Å². The molecule has 0 unspecified atom stereocenters. The second-order valence-electron chi connectivity index (χ2n) is 9.70. The molecule has 0 atom stereocenters. The Morgan fingerprint density at radius 2 is 0.895 bits per heavy atom. The van der Waals surface area contributed by atoms with Gasteiger partial charge in [-0.1, -0.05) is 52.4 Å². The van der Waals surface area contributed by atoms with Crippen molar-refractivity contribution in [1.29, 1.82) is 0 Å². The standard InChI is InChI=1S/C30H46N4O2.2BrH/c1-3-5-7-13-21-33-23-15-27(16-24-33)29(35)31-19-11-9-10-12-20-32-30(36)28-17-25-34(26-18-28)22-14-8-6-4-2;;/h15-18,23-26H,3-14,19-22H2,1-2H3;2*1H. The summed E-state index contributed by atoms with van der Waals surface area (Å²) in [5.74, 6) is -0.0175. The van der Waals surface area contributed by atoms with Crippen molar-refractivity contribution in [3.8, 4) is 0 Å². The van der Waals surface area contributed by atoms with E-state index < -0.39 is 0 Å². The van der Waals surface area contributed by atoms with Crippen LogP contribution in [-0.2, 0) is 13.1 Å². The fraction of sp³-hybridized carbons (Fsp3) is 0.600. The topological polar surface area (TPSA) is 66.0 Å². The van der Waals surface area contributed by atoms with E-state index in [0.717, 1.165) is 38.8 Å². The summed E-state index contributed by atoms with van der Waals surface area (Å²) < 4.78 is 4.30. The monoisotopic (exact) mass is 654 g/mol. The third-order valence-electron chi connectivity index (χ3n) is 6.52. The quantitative estimate of drug-likeness (QED) is 0.153. The number of nitrogens with zero attached hydrogens (tertiary/aromatic N) is 2. The Kier molecular flexibility index (Phi) is 22.0. The van der Waals surface area contributed by atoms with Crippen molar-refractivity contribution in [3.05, 3.63) is 60.2 Å². The van der Waals surface area contributed by atoms with Crippen molar-refractivity contribution in [1.82, 2.24) is 10.6 Å². The summed E-state index contributed by atoms with van der Waals surface area (Å²) in [7, 11) is 0. The first kappa shape index (κ1) is 36.2. The van der Waals surface area contributed by atoms with Crippen LogP contribution >= 0.6 is 0 Å². The molecule has 2 N–H and O–H groups in total. The van der Waals surface area contributed by atoms with E-state index >= 15 is 0 Å². The van der Waals surface area contributed by atoms with Crippen LogP contribution in [0.2, 0.25) is 0 Å². The molecule has 0 aromatic carbocycles. The van der Waals surface area contributed by atoms with Gasteiger partial charge in [-0.15, -0.1) is 0 Å².